The maximum atomic E-state index is 10.5. The van der Waals surface area contributed by atoms with Crippen molar-refractivity contribution in [3.8, 4) is 11.5 Å². The van der Waals surface area contributed by atoms with Crippen LogP contribution in [0.15, 0.2) is 23.3 Å². The lowest BCUT2D eigenvalue weighted by atomic mass is 10.2. The van der Waals surface area contributed by atoms with E-state index >= 15 is 0 Å². The molecular formula is C15H23N3O3. The molecule has 0 radical (unpaired) electrons. The molecule has 0 heterocycles. The van der Waals surface area contributed by atoms with Gasteiger partial charge in [0.05, 0.1) is 19.4 Å². The highest BCUT2D eigenvalue weighted by atomic mass is 16.5. The van der Waals surface area contributed by atoms with Crippen LogP contribution < -0.4 is 20.6 Å². The third-order valence-corrected chi connectivity index (χ3v) is 2.66. The molecular weight excluding hydrogens is 270 g/mol. The zero-order chi connectivity index (χ0) is 15.5. The molecule has 0 aliphatic carbocycles. The van der Waals surface area contributed by atoms with Crippen LogP contribution in [0.3, 0.4) is 0 Å². The number of hydrogen-bond donors (Lipinski definition) is 2. The van der Waals surface area contributed by atoms with Crippen LogP contribution in [0.4, 0.5) is 4.79 Å². The lowest BCUT2D eigenvalue weighted by Gasteiger charge is -2.12. The zero-order valence-electron chi connectivity index (χ0n) is 12.6. The van der Waals surface area contributed by atoms with Gasteiger partial charge in [-0.25, -0.2) is 10.2 Å². The van der Waals surface area contributed by atoms with Crippen LogP contribution in [-0.4, -0.2) is 25.5 Å². The second-order valence-electron chi connectivity index (χ2n) is 4.43. The van der Waals surface area contributed by atoms with Crippen LogP contribution in [0.5, 0.6) is 11.5 Å². The molecule has 21 heavy (non-hydrogen) atoms. The number of nitrogens with zero attached hydrogens (tertiary/aromatic N) is 1. The number of carbonyl (C=O) groups excluding carboxylic acids is 1. The van der Waals surface area contributed by atoms with Crippen molar-refractivity contribution in [1.29, 1.82) is 0 Å². The Hall–Kier alpha value is -2.24. The lowest BCUT2D eigenvalue weighted by molar-refractivity contribution is 0.249. The molecule has 6 heteroatoms. The molecule has 0 saturated carbocycles. The smallest absolute Gasteiger partial charge is 0.332 e. The number of nitrogens with two attached hydrogens (primary N) is 1. The third kappa shape index (κ3) is 6.65. The number of urea groups is 1. The van der Waals surface area contributed by atoms with E-state index in [9.17, 15) is 4.79 Å². The highest BCUT2D eigenvalue weighted by Crippen LogP contribution is 2.28. The van der Waals surface area contributed by atoms with E-state index in [1.165, 1.54) is 6.21 Å². The van der Waals surface area contributed by atoms with E-state index in [1.807, 2.05) is 25.1 Å². The van der Waals surface area contributed by atoms with Crippen molar-refractivity contribution < 1.29 is 14.3 Å². The molecule has 1 rings (SSSR count). The van der Waals surface area contributed by atoms with Crippen LogP contribution in [0.1, 0.15) is 38.7 Å². The quantitative estimate of drug-likeness (QED) is 0.417. The minimum Gasteiger partial charge on any atom is -0.490 e. The van der Waals surface area contributed by atoms with Crippen LogP contribution in [0.25, 0.3) is 0 Å². The number of carbonyl (C=O) groups is 1. The fourth-order valence-electron chi connectivity index (χ4n) is 1.70. The molecule has 0 aliphatic heterocycles. The van der Waals surface area contributed by atoms with Gasteiger partial charge in [-0.05, 0) is 37.1 Å². The Morgan fingerprint density at radius 1 is 1.29 bits per heavy atom. The van der Waals surface area contributed by atoms with Gasteiger partial charge in [-0.1, -0.05) is 19.8 Å². The standard InChI is InChI=1S/C15H23N3O3/c1-3-5-6-9-21-13-8-7-12(10-14(13)20-4-2)11-17-18-15(16)19/h7-8,10-11H,3-6,9H2,1-2H3,(H3,16,18,19)/b17-11-. The summed E-state index contributed by atoms with van der Waals surface area (Å²) in [5, 5.41) is 3.71. The Balaban J connectivity index is 2.71. The predicted octanol–water partition coefficient (Wildman–Crippen LogP) is 2.66. The fraction of sp³-hybridized carbons (Fsp3) is 0.467. The molecule has 1 aromatic rings. The highest BCUT2D eigenvalue weighted by Gasteiger charge is 2.05. The maximum Gasteiger partial charge on any atom is 0.332 e. The summed E-state index contributed by atoms with van der Waals surface area (Å²) in [6, 6.07) is 4.78. The SMILES string of the molecule is CCCCCOc1ccc(/C=N\NC(N)=O)cc1OCC. The van der Waals surface area contributed by atoms with Crippen molar-refractivity contribution in [2.45, 2.75) is 33.1 Å². The van der Waals surface area contributed by atoms with Crippen molar-refractivity contribution >= 4 is 12.2 Å². The molecule has 1 aromatic carbocycles. The van der Waals surface area contributed by atoms with E-state index in [-0.39, 0.29) is 0 Å². The normalized spacial score (nSPS) is 10.6. The molecule has 0 aliphatic rings. The number of hydrogen-bond acceptors (Lipinski definition) is 4. The Morgan fingerprint density at radius 2 is 2.10 bits per heavy atom. The Bertz CT molecular complexity index is 475. The first-order chi connectivity index (χ1) is 10.2. The Morgan fingerprint density at radius 3 is 2.76 bits per heavy atom. The predicted molar refractivity (Wildman–Crippen MR) is 82.9 cm³/mol. The Labute approximate surface area is 125 Å². The van der Waals surface area contributed by atoms with E-state index in [1.54, 1.807) is 0 Å². The summed E-state index contributed by atoms with van der Waals surface area (Å²) in [7, 11) is 0. The molecule has 6 nitrogen and oxygen atoms in total. The van der Waals surface area contributed by atoms with Crippen molar-refractivity contribution in [1.82, 2.24) is 5.43 Å². The van der Waals surface area contributed by atoms with Crippen molar-refractivity contribution in [2.75, 3.05) is 13.2 Å². The lowest BCUT2D eigenvalue weighted by Crippen LogP contribution is -2.24. The minimum atomic E-state index is -0.702. The second-order valence-corrected chi connectivity index (χ2v) is 4.43. The number of amides is 2. The van der Waals surface area contributed by atoms with E-state index in [0.717, 1.165) is 24.8 Å². The number of hydrazone groups is 1. The average molecular weight is 293 g/mol. The number of unbranched alkanes of at least 4 members (excludes halogenated alkanes) is 2. The molecule has 2 amide bonds. The average Bonchev–Trinajstić information content (AvgIpc) is 2.45. The van der Waals surface area contributed by atoms with Crippen molar-refractivity contribution in [3.05, 3.63) is 23.8 Å². The summed E-state index contributed by atoms with van der Waals surface area (Å²) in [6.07, 6.45) is 4.82. The fourth-order valence-corrected chi connectivity index (χ4v) is 1.70. The van der Waals surface area contributed by atoms with Gasteiger partial charge in [0.2, 0.25) is 0 Å². The summed E-state index contributed by atoms with van der Waals surface area (Å²) in [5.41, 5.74) is 7.86. The Kier molecular flexibility index (Phi) is 7.71. The van der Waals surface area contributed by atoms with Gasteiger partial charge in [0.1, 0.15) is 0 Å². The van der Waals surface area contributed by atoms with Gasteiger partial charge in [-0.2, -0.15) is 5.10 Å². The second kappa shape index (κ2) is 9.63. The molecule has 0 saturated heterocycles. The number of primary amides is 1. The summed E-state index contributed by atoms with van der Waals surface area (Å²) < 4.78 is 11.3. The van der Waals surface area contributed by atoms with E-state index in [4.69, 9.17) is 15.2 Å². The molecule has 0 spiro atoms. The number of nitrogens with one attached hydrogen (secondary N) is 1. The molecule has 0 atom stereocenters. The molecule has 0 bridgehead atoms. The molecule has 116 valence electrons. The van der Waals surface area contributed by atoms with E-state index < -0.39 is 6.03 Å². The monoisotopic (exact) mass is 293 g/mol. The minimum absolute atomic E-state index is 0.547. The van der Waals surface area contributed by atoms with Crippen LogP contribution >= 0.6 is 0 Å². The van der Waals surface area contributed by atoms with Crippen LogP contribution in [0.2, 0.25) is 0 Å². The van der Waals surface area contributed by atoms with Crippen LogP contribution in [-0.2, 0) is 0 Å². The number of ether oxygens (including phenoxy) is 2. The number of benzene rings is 1. The van der Waals surface area contributed by atoms with E-state index in [0.29, 0.717) is 24.7 Å². The summed E-state index contributed by atoms with van der Waals surface area (Å²) >= 11 is 0. The summed E-state index contributed by atoms with van der Waals surface area (Å²) in [6.45, 7) is 5.28. The van der Waals surface area contributed by atoms with Crippen LogP contribution in [0, 0.1) is 0 Å². The van der Waals surface area contributed by atoms with Gasteiger partial charge >= 0.3 is 6.03 Å². The molecule has 0 fully saturated rings. The van der Waals surface area contributed by atoms with Gasteiger partial charge in [0.25, 0.3) is 0 Å². The largest absolute Gasteiger partial charge is 0.490 e. The van der Waals surface area contributed by atoms with Gasteiger partial charge in [-0.15, -0.1) is 0 Å². The first-order valence-corrected chi connectivity index (χ1v) is 7.15. The van der Waals surface area contributed by atoms with E-state index in [2.05, 4.69) is 17.5 Å². The zero-order valence-corrected chi connectivity index (χ0v) is 12.6. The first-order valence-electron chi connectivity index (χ1n) is 7.15. The topological polar surface area (TPSA) is 85.9 Å². The van der Waals surface area contributed by atoms with Gasteiger partial charge in [-0.3, -0.25) is 0 Å². The third-order valence-electron chi connectivity index (χ3n) is 2.66. The number of rotatable bonds is 9. The molecule has 3 N–H and O–H groups in total. The molecule has 0 aromatic heterocycles. The maximum absolute atomic E-state index is 10.5. The van der Waals surface area contributed by atoms with Crippen molar-refractivity contribution in [3.63, 3.8) is 0 Å². The first kappa shape index (κ1) is 16.8. The van der Waals surface area contributed by atoms with Gasteiger partial charge < -0.3 is 15.2 Å². The van der Waals surface area contributed by atoms with Crippen molar-refractivity contribution in [2.24, 2.45) is 10.8 Å². The van der Waals surface area contributed by atoms with Gasteiger partial charge in [0.15, 0.2) is 11.5 Å². The summed E-state index contributed by atoms with van der Waals surface area (Å²) in [5.74, 6) is 1.38. The van der Waals surface area contributed by atoms with Gasteiger partial charge in [0, 0.05) is 0 Å². The molecule has 0 unspecified atom stereocenters. The summed E-state index contributed by atoms with van der Waals surface area (Å²) in [4.78, 5) is 10.5. The highest BCUT2D eigenvalue weighted by molar-refractivity contribution is 5.82.